The Morgan fingerprint density at radius 3 is 2.94 bits per heavy atom. The van der Waals surface area contributed by atoms with E-state index in [1.54, 1.807) is 0 Å². The van der Waals surface area contributed by atoms with Gasteiger partial charge in [0.1, 0.15) is 5.82 Å². The zero-order chi connectivity index (χ0) is 11.8. The molecule has 1 aromatic carbocycles. The molecule has 0 spiro atoms. The van der Waals surface area contributed by atoms with Crippen LogP contribution in [0.25, 0.3) is 11.4 Å². The number of nitrogens with one attached hydrogen (secondary N) is 2. The number of nitrogens with zero attached hydrogens (tertiary/aromatic N) is 1. The van der Waals surface area contributed by atoms with E-state index in [9.17, 15) is 4.79 Å². The Kier molecular flexibility index (Phi) is 2.21. The van der Waals surface area contributed by atoms with Crippen LogP contribution in [0.3, 0.4) is 0 Å². The number of benzene rings is 1. The lowest BCUT2D eigenvalue weighted by Gasteiger charge is -2.17. The number of aromatic amines is 1. The van der Waals surface area contributed by atoms with Crippen LogP contribution in [-0.2, 0) is 11.2 Å². The number of imidazole rings is 1. The lowest BCUT2D eigenvalue weighted by molar-refractivity contribution is -0.116. The Labute approximate surface area is 99.1 Å². The van der Waals surface area contributed by atoms with E-state index in [0.717, 1.165) is 29.2 Å². The zero-order valence-electron chi connectivity index (χ0n) is 9.58. The summed E-state index contributed by atoms with van der Waals surface area (Å²) in [6.45, 7) is 1.98. The van der Waals surface area contributed by atoms with Crippen molar-refractivity contribution in [1.29, 1.82) is 0 Å². The van der Waals surface area contributed by atoms with Crippen molar-refractivity contribution < 1.29 is 4.79 Å². The van der Waals surface area contributed by atoms with E-state index in [-0.39, 0.29) is 5.91 Å². The number of aromatic nitrogens is 2. The first-order valence-electron chi connectivity index (χ1n) is 5.67. The summed E-state index contributed by atoms with van der Waals surface area (Å²) in [4.78, 5) is 18.8. The molecule has 1 amide bonds. The van der Waals surface area contributed by atoms with Gasteiger partial charge in [-0.05, 0) is 37.1 Å². The van der Waals surface area contributed by atoms with Crippen molar-refractivity contribution in [2.45, 2.75) is 19.8 Å². The lowest BCUT2D eigenvalue weighted by atomic mass is 10.0. The molecule has 0 bridgehead atoms. The molecule has 0 saturated carbocycles. The fourth-order valence-electron chi connectivity index (χ4n) is 2.09. The van der Waals surface area contributed by atoms with Gasteiger partial charge < -0.3 is 10.3 Å². The zero-order valence-corrected chi connectivity index (χ0v) is 9.58. The second-order valence-electron chi connectivity index (χ2n) is 4.33. The predicted octanol–water partition coefficient (Wildman–Crippen LogP) is 2.27. The van der Waals surface area contributed by atoms with E-state index in [1.807, 2.05) is 25.3 Å². The highest BCUT2D eigenvalue weighted by atomic mass is 16.1. The third kappa shape index (κ3) is 1.82. The smallest absolute Gasteiger partial charge is 0.224 e. The number of anilines is 1. The summed E-state index contributed by atoms with van der Waals surface area (Å²) in [5.41, 5.74) is 4.21. The minimum atomic E-state index is 0.0964. The number of carbonyl (C=O) groups excluding carboxylic acids is 1. The maximum Gasteiger partial charge on any atom is 0.224 e. The van der Waals surface area contributed by atoms with Gasteiger partial charge in [-0.2, -0.15) is 0 Å². The van der Waals surface area contributed by atoms with Crippen molar-refractivity contribution >= 4 is 11.6 Å². The first kappa shape index (κ1) is 10.1. The van der Waals surface area contributed by atoms with E-state index >= 15 is 0 Å². The second-order valence-corrected chi connectivity index (χ2v) is 4.33. The minimum Gasteiger partial charge on any atom is -0.342 e. The number of fused-ring (bicyclic) bond motifs is 1. The summed E-state index contributed by atoms with van der Waals surface area (Å²) >= 11 is 0. The summed E-state index contributed by atoms with van der Waals surface area (Å²) in [5, 5.41) is 2.87. The summed E-state index contributed by atoms with van der Waals surface area (Å²) in [6, 6.07) is 6.01. The molecule has 0 atom stereocenters. The van der Waals surface area contributed by atoms with Crippen LogP contribution in [0, 0.1) is 6.92 Å². The maximum atomic E-state index is 11.3. The molecule has 0 saturated heterocycles. The van der Waals surface area contributed by atoms with Crippen molar-refractivity contribution in [3.8, 4) is 11.4 Å². The molecule has 1 aliphatic rings. The van der Waals surface area contributed by atoms with Crippen LogP contribution < -0.4 is 5.32 Å². The van der Waals surface area contributed by atoms with Crippen LogP contribution in [0.1, 0.15) is 17.7 Å². The van der Waals surface area contributed by atoms with E-state index in [2.05, 4.69) is 21.4 Å². The normalized spacial score (nSPS) is 14.3. The monoisotopic (exact) mass is 227 g/mol. The number of hydrogen-bond donors (Lipinski definition) is 2. The van der Waals surface area contributed by atoms with E-state index in [4.69, 9.17) is 0 Å². The molecular formula is C13H13N3O. The fraction of sp³-hybridized carbons (Fsp3) is 0.231. The first-order valence-corrected chi connectivity index (χ1v) is 5.67. The second kappa shape index (κ2) is 3.73. The van der Waals surface area contributed by atoms with Crippen molar-refractivity contribution in [1.82, 2.24) is 9.97 Å². The van der Waals surface area contributed by atoms with Gasteiger partial charge in [-0.3, -0.25) is 4.79 Å². The third-order valence-electron chi connectivity index (χ3n) is 2.98. The van der Waals surface area contributed by atoms with Gasteiger partial charge in [-0.25, -0.2) is 4.98 Å². The Bertz CT molecular complexity index is 586. The van der Waals surface area contributed by atoms with E-state index < -0.39 is 0 Å². The molecule has 4 heteroatoms. The van der Waals surface area contributed by atoms with Crippen LogP contribution in [0.15, 0.2) is 24.4 Å². The summed E-state index contributed by atoms with van der Waals surface area (Å²) in [6.07, 6.45) is 3.18. The largest absolute Gasteiger partial charge is 0.342 e. The van der Waals surface area contributed by atoms with Crippen molar-refractivity contribution in [2.24, 2.45) is 0 Å². The minimum absolute atomic E-state index is 0.0964. The van der Waals surface area contributed by atoms with Gasteiger partial charge in [0.05, 0.1) is 0 Å². The number of aryl methyl sites for hydroxylation is 2. The third-order valence-corrected chi connectivity index (χ3v) is 2.98. The van der Waals surface area contributed by atoms with Crippen LogP contribution in [0.2, 0.25) is 0 Å². The van der Waals surface area contributed by atoms with Gasteiger partial charge in [-0.15, -0.1) is 0 Å². The molecule has 2 aromatic rings. The van der Waals surface area contributed by atoms with Gasteiger partial charge >= 0.3 is 0 Å². The molecule has 2 N–H and O–H groups in total. The van der Waals surface area contributed by atoms with Crippen LogP contribution in [-0.4, -0.2) is 15.9 Å². The van der Waals surface area contributed by atoms with Crippen LogP contribution >= 0.6 is 0 Å². The van der Waals surface area contributed by atoms with E-state index in [1.165, 1.54) is 5.56 Å². The number of amides is 1. The molecule has 86 valence electrons. The molecular weight excluding hydrogens is 214 g/mol. The van der Waals surface area contributed by atoms with Crippen LogP contribution in [0.4, 0.5) is 5.69 Å². The number of hydrogen-bond acceptors (Lipinski definition) is 2. The Morgan fingerprint density at radius 1 is 1.29 bits per heavy atom. The standard InChI is InChI=1S/C13H13N3O/c1-8-7-14-13(15-8)10-2-4-11-9(6-10)3-5-12(17)16-11/h2,4,6-7H,3,5H2,1H3,(H,14,15)(H,16,17). The van der Waals surface area contributed by atoms with Crippen molar-refractivity contribution in [3.05, 3.63) is 35.7 Å². The lowest BCUT2D eigenvalue weighted by Crippen LogP contribution is -2.18. The SMILES string of the molecule is Cc1cnc(-c2ccc3c(c2)CCC(=O)N3)[nH]1. The quantitative estimate of drug-likeness (QED) is 0.785. The summed E-state index contributed by atoms with van der Waals surface area (Å²) in [7, 11) is 0. The highest BCUT2D eigenvalue weighted by molar-refractivity contribution is 5.94. The predicted molar refractivity (Wildman–Crippen MR) is 65.7 cm³/mol. The Hall–Kier alpha value is -2.10. The average Bonchev–Trinajstić information content (AvgIpc) is 2.75. The van der Waals surface area contributed by atoms with Crippen LogP contribution in [0.5, 0.6) is 0 Å². The number of carbonyl (C=O) groups is 1. The molecule has 17 heavy (non-hydrogen) atoms. The molecule has 1 aliphatic heterocycles. The number of rotatable bonds is 1. The molecule has 2 heterocycles. The summed E-state index contributed by atoms with van der Waals surface area (Å²) in [5.74, 6) is 0.973. The highest BCUT2D eigenvalue weighted by Gasteiger charge is 2.15. The first-order chi connectivity index (χ1) is 8.22. The van der Waals surface area contributed by atoms with Gasteiger partial charge in [0.25, 0.3) is 0 Å². The van der Waals surface area contributed by atoms with Gasteiger partial charge in [-0.1, -0.05) is 0 Å². The van der Waals surface area contributed by atoms with Gasteiger partial charge in [0, 0.05) is 29.6 Å². The Morgan fingerprint density at radius 2 is 2.18 bits per heavy atom. The fourth-order valence-corrected chi connectivity index (χ4v) is 2.09. The number of H-pyrrole nitrogens is 1. The van der Waals surface area contributed by atoms with Crippen molar-refractivity contribution in [3.63, 3.8) is 0 Å². The topological polar surface area (TPSA) is 57.8 Å². The van der Waals surface area contributed by atoms with Gasteiger partial charge in [0.2, 0.25) is 5.91 Å². The maximum absolute atomic E-state index is 11.3. The highest BCUT2D eigenvalue weighted by Crippen LogP contribution is 2.27. The molecule has 3 rings (SSSR count). The van der Waals surface area contributed by atoms with Gasteiger partial charge in [0.15, 0.2) is 0 Å². The average molecular weight is 227 g/mol. The molecule has 0 radical (unpaired) electrons. The Balaban J connectivity index is 2.01. The summed E-state index contributed by atoms with van der Waals surface area (Å²) < 4.78 is 0. The molecule has 0 fully saturated rings. The molecule has 1 aromatic heterocycles. The molecule has 4 nitrogen and oxygen atoms in total. The molecule has 0 unspecified atom stereocenters. The molecule has 0 aliphatic carbocycles. The van der Waals surface area contributed by atoms with Crippen molar-refractivity contribution in [2.75, 3.05) is 5.32 Å². The van der Waals surface area contributed by atoms with E-state index in [0.29, 0.717) is 6.42 Å².